The van der Waals surface area contributed by atoms with Crippen LogP contribution in [0.25, 0.3) is 0 Å². The molecule has 180 valence electrons. The highest BCUT2D eigenvalue weighted by Gasteiger charge is 2.50. The predicted octanol–water partition coefficient (Wildman–Crippen LogP) is 5.13. The minimum Gasteiger partial charge on any atom is -0.465 e. The third-order valence-electron chi connectivity index (χ3n) is 6.82. The average molecular weight is 467 g/mol. The highest BCUT2D eigenvalue weighted by Crippen LogP contribution is 2.41. The van der Waals surface area contributed by atoms with Crippen molar-refractivity contribution >= 4 is 25.9 Å². The molecular formula is C22H38N4O5Si. The van der Waals surface area contributed by atoms with Gasteiger partial charge in [-0.05, 0) is 73.8 Å². The molecule has 1 aromatic rings. The molecule has 1 aliphatic rings. The first-order chi connectivity index (χ1) is 14.5. The molecule has 0 bridgehead atoms. The smallest absolute Gasteiger partial charge is 0.408 e. The number of amides is 1. The van der Waals surface area contributed by atoms with Crippen LogP contribution in [0.15, 0.2) is 18.3 Å². The minimum atomic E-state index is -2.11. The molecule has 1 aromatic heterocycles. The quantitative estimate of drug-likeness (QED) is 0.352. The second kappa shape index (κ2) is 8.97. The number of carbonyl (C=O) groups is 1. The number of aromatic nitrogens is 1. The lowest BCUT2D eigenvalue weighted by Gasteiger charge is -2.53. The van der Waals surface area contributed by atoms with Gasteiger partial charge in [-0.25, -0.2) is 4.79 Å². The Bertz CT molecular complexity index is 839. The normalized spacial score (nSPS) is 17.2. The molecule has 1 aliphatic heterocycles. The first-order valence-electron chi connectivity index (χ1n) is 11.0. The van der Waals surface area contributed by atoms with Gasteiger partial charge < -0.3 is 24.5 Å². The molecule has 0 spiro atoms. The van der Waals surface area contributed by atoms with Crippen molar-refractivity contribution in [2.75, 3.05) is 24.6 Å². The number of hydrogen-bond donors (Lipinski definition) is 1. The van der Waals surface area contributed by atoms with Crippen molar-refractivity contribution in [3.63, 3.8) is 0 Å². The molecule has 2 heterocycles. The molecule has 0 saturated carbocycles. The number of hydrogen-bond acceptors (Lipinski definition) is 6. The number of carboxylic acid groups (broad SMARTS) is 1. The molecule has 1 amide bonds. The van der Waals surface area contributed by atoms with E-state index in [0.717, 1.165) is 0 Å². The monoisotopic (exact) mass is 466 g/mol. The molecule has 32 heavy (non-hydrogen) atoms. The summed E-state index contributed by atoms with van der Waals surface area (Å²) in [6.07, 6.45) is 1.46. The summed E-state index contributed by atoms with van der Waals surface area (Å²) in [6, 6.07) is 3.38. The van der Waals surface area contributed by atoms with Gasteiger partial charge in [-0.15, -0.1) is 0 Å². The maximum absolute atomic E-state index is 12.4. The largest absolute Gasteiger partial charge is 0.465 e. The van der Waals surface area contributed by atoms with Crippen LogP contribution in [0.4, 0.5) is 16.3 Å². The van der Waals surface area contributed by atoms with Gasteiger partial charge in [0, 0.05) is 18.6 Å². The van der Waals surface area contributed by atoms with Gasteiger partial charge >= 0.3 is 11.9 Å². The Morgan fingerprint density at radius 1 is 1.28 bits per heavy atom. The molecular weight excluding hydrogens is 428 g/mol. The summed E-state index contributed by atoms with van der Waals surface area (Å²) in [6.45, 7) is 17.8. The molecule has 1 fully saturated rings. The number of anilines is 1. The molecule has 1 saturated heterocycles. The fraction of sp³-hybridized carbons (Fsp3) is 0.727. The number of pyridine rings is 1. The van der Waals surface area contributed by atoms with E-state index < -0.39 is 30.4 Å². The molecule has 10 heteroatoms. The predicted molar refractivity (Wildman–Crippen MR) is 128 cm³/mol. The van der Waals surface area contributed by atoms with Gasteiger partial charge in [-0.1, -0.05) is 20.8 Å². The fourth-order valence-electron chi connectivity index (χ4n) is 4.10. The van der Waals surface area contributed by atoms with Crippen LogP contribution in [0.2, 0.25) is 18.1 Å². The summed E-state index contributed by atoms with van der Waals surface area (Å²) in [5.74, 6) is -0.177. The lowest BCUT2D eigenvalue weighted by molar-refractivity contribution is -0.388. The van der Waals surface area contributed by atoms with E-state index in [4.69, 9.17) is 4.43 Å². The van der Waals surface area contributed by atoms with Gasteiger partial charge in [0.25, 0.3) is 0 Å². The number of nitro groups is 1. The minimum absolute atomic E-state index is 0.000990. The van der Waals surface area contributed by atoms with Crippen LogP contribution in [0.5, 0.6) is 0 Å². The van der Waals surface area contributed by atoms with E-state index in [9.17, 15) is 20.0 Å². The maximum Gasteiger partial charge on any atom is 0.408 e. The van der Waals surface area contributed by atoms with Crippen LogP contribution in [0.3, 0.4) is 0 Å². The van der Waals surface area contributed by atoms with Crippen LogP contribution in [0.1, 0.15) is 54.4 Å². The van der Waals surface area contributed by atoms with Crippen molar-refractivity contribution in [2.45, 2.75) is 83.6 Å². The van der Waals surface area contributed by atoms with Crippen molar-refractivity contribution in [3.05, 3.63) is 28.4 Å². The molecule has 0 radical (unpaired) electrons. The first-order valence-corrected chi connectivity index (χ1v) is 13.9. The second-order valence-electron chi connectivity index (χ2n) is 11.2. The van der Waals surface area contributed by atoms with Crippen LogP contribution in [-0.4, -0.2) is 65.1 Å². The SMILES string of the molecule is CC(C)(C)N(C(=O)O)C1(CO[Si](C)(C)C(C)(C)C)CCN(c2cccnc2[N+](=O)[O-])CC1. The molecule has 1 N–H and O–H groups in total. The summed E-state index contributed by atoms with van der Waals surface area (Å²) in [5.41, 5.74) is -0.868. The average Bonchev–Trinajstić information content (AvgIpc) is 2.65. The van der Waals surface area contributed by atoms with Crippen molar-refractivity contribution in [1.82, 2.24) is 9.88 Å². The van der Waals surface area contributed by atoms with Crippen LogP contribution in [0, 0.1) is 10.1 Å². The van der Waals surface area contributed by atoms with Crippen molar-refractivity contribution in [3.8, 4) is 0 Å². The standard InChI is InChI=1S/C22H38N4O5Si/c1-20(2,3)25(19(27)28)22(16-31-32(7,8)21(4,5)6)11-14-24(15-12-22)17-10-9-13-23-18(17)26(29)30/h9-10,13H,11-12,14-16H2,1-8H3,(H,27,28). The Kier molecular flexibility index (Phi) is 7.31. The van der Waals surface area contributed by atoms with Gasteiger partial charge in [0.1, 0.15) is 11.9 Å². The van der Waals surface area contributed by atoms with Gasteiger partial charge in [0.15, 0.2) is 8.32 Å². The lowest BCUT2D eigenvalue weighted by atomic mass is 9.83. The van der Waals surface area contributed by atoms with Crippen LogP contribution < -0.4 is 4.90 Å². The van der Waals surface area contributed by atoms with Crippen LogP contribution in [-0.2, 0) is 4.43 Å². The third-order valence-corrected chi connectivity index (χ3v) is 11.3. The molecule has 0 unspecified atom stereocenters. The Morgan fingerprint density at radius 2 is 1.84 bits per heavy atom. The van der Waals surface area contributed by atoms with E-state index in [2.05, 4.69) is 38.8 Å². The van der Waals surface area contributed by atoms with Crippen LogP contribution >= 0.6 is 0 Å². The highest BCUT2D eigenvalue weighted by atomic mass is 28.4. The lowest BCUT2D eigenvalue weighted by Crippen LogP contribution is -2.66. The zero-order chi connectivity index (χ0) is 24.5. The van der Waals surface area contributed by atoms with Crippen molar-refractivity contribution in [2.24, 2.45) is 0 Å². The zero-order valence-electron chi connectivity index (χ0n) is 20.6. The highest BCUT2D eigenvalue weighted by molar-refractivity contribution is 6.74. The molecule has 2 rings (SSSR count). The van der Waals surface area contributed by atoms with Gasteiger partial charge in [0.2, 0.25) is 0 Å². The number of nitrogens with zero attached hydrogens (tertiary/aromatic N) is 4. The van der Waals surface area contributed by atoms with Gasteiger partial charge in [-0.3, -0.25) is 4.90 Å². The molecule has 0 aliphatic carbocycles. The van der Waals surface area contributed by atoms with E-state index >= 15 is 0 Å². The van der Waals surface area contributed by atoms with E-state index in [0.29, 0.717) is 38.2 Å². The van der Waals surface area contributed by atoms with E-state index in [1.54, 1.807) is 17.0 Å². The molecule has 0 aromatic carbocycles. The summed E-state index contributed by atoms with van der Waals surface area (Å²) >= 11 is 0. The van der Waals surface area contributed by atoms with Crippen molar-refractivity contribution in [1.29, 1.82) is 0 Å². The van der Waals surface area contributed by atoms with E-state index in [-0.39, 0.29) is 10.9 Å². The zero-order valence-corrected chi connectivity index (χ0v) is 21.6. The fourth-order valence-corrected chi connectivity index (χ4v) is 5.17. The number of piperidine rings is 1. The van der Waals surface area contributed by atoms with E-state index in [1.807, 2.05) is 25.7 Å². The Hall–Kier alpha value is -2.20. The molecule has 0 atom stereocenters. The summed E-state index contributed by atoms with van der Waals surface area (Å²) in [5, 5.41) is 21.6. The maximum atomic E-state index is 12.4. The third kappa shape index (κ3) is 5.40. The first kappa shape index (κ1) is 26.1. The summed E-state index contributed by atoms with van der Waals surface area (Å²) < 4.78 is 6.56. The number of rotatable bonds is 6. The van der Waals surface area contributed by atoms with Gasteiger partial charge in [0.05, 0.1) is 12.1 Å². The molecule has 9 nitrogen and oxygen atoms in total. The Morgan fingerprint density at radius 3 is 2.28 bits per heavy atom. The van der Waals surface area contributed by atoms with E-state index in [1.165, 1.54) is 6.20 Å². The Balaban J connectivity index is 2.38. The summed E-state index contributed by atoms with van der Waals surface area (Å²) in [4.78, 5) is 30.8. The Labute approximate surface area is 192 Å². The topological polar surface area (TPSA) is 109 Å². The summed E-state index contributed by atoms with van der Waals surface area (Å²) in [7, 11) is -2.11. The van der Waals surface area contributed by atoms with Crippen molar-refractivity contribution < 1.29 is 19.3 Å². The van der Waals surface area contributed by atoms with Gasteiger partial charge in [-0.2, -0.15) is 0 Å². The second-order valence-corrected chi connectivity index (χ2v) is 16.0.